The second kappa shape index (κ2) is 19.9. The van der Waals surface area contributed by atoms with E-state index in [9.17, 15) is 5.11 Å². The van der Waals surface area contributed by atoms with E-state index in [4.69, 9.17) is 0 Å². The first-order valence-electron chi connectivity index (χ1n) is 19.9. The van der Waals surface area contributed by atoms with Crippen molar-refractivity contribution in [3.63, 3.8) is 0 Å². The van der Waals surface area contributed by atoms with E-state index in [1.165, 1.54) is 39.2 Å². The number of nitrogens with zero attached hydrogens (tertiary/aromatic N) is 4. The van der Waals surface area contributed by atoms with Crippen LogP contribution in [0.25, 0.3) is 5.57 Å². The summed E-state index contributed by atoms with van der Waals surface area (Å²) in [4.78, 5) is 8.72. The molecule has 0 saturated carbocycles. The van der Waals surface area contributed by atoms with E-state index >= 15 is 0 Å². The van der Waals surface area contributed by atoms with Crippen LogP contribution >= 0.6 is 0 Å². The molecule has 5 heteroatoms. The molecule has 0 amide bonds. The Morgan fingerprint density at radius 1 is 0.491 bits per heavy atom. The molecule has 0 aliphatic carbocycles. The van der Waals surface area contributed by atoms with Gasteiger partial charge in [0.1, 0.15) is 5.60 Å². The number of rotatable bonds is 15. The fraction of sp³-hybridized carbons (Fsp3) is 0.154. The molecule has 6 aromatic carbocycles. The average molecular weight is 747 g/mol. The van der Waals surface area contributed by atoms with Gasteiger partial charge in [0.25, 0.3) is 0 Å². The Kier molecular flexibility index (Phi) is 13.5. The van der Waals surface area contributed by atoms with Crippen molar-refractivity contribution in [1.29, 1.82) is 0 Å². The molecular weight excluding hydrogens is 697 g/mol. The van der Waals surface area contributed by atoms with Crippen LogP contribution < -0.4 is 0 Å². The minimum absolute atomic E-state index is 0.650. The summed E-state index contributed by atoms with van der Waals surface area (Å²) in [5.41, 5.74) is 9.69. The monoisotopic (exact) mass is 746 g/mol. The van der Waals surface area contributed by atoms with Crippen LogP contribution in [0, 0.1) is 0 Å². The zero-order chi connectivity index (χ0) is 39.0. The van der Waals surface area contributed by atoms with Crippen molar-refractivity contribution in [2.75, 3.05) is 0 Å². The first-order valence-corrected chi connectivity index (χ1v) is 19.9. The van der Waals surface area contributed by atoms with Crippen molar-refractivity contribution < 1.29 is 5.11 Å². The van der Waals surface area contributed by atoms with Gasteiger partial charge < -0.3 is 14.2 Å². The van der Waals surface area contributed by atoms with Gasteiger partial charge in [-0.05, 0) is 71.1 Å². The van der Waals surface area contributed by atoms with Crippen molar-refractivity contribution in [2.24, 2.45) is 0 Å². The summed E-state index contributed by atoms with van der Waals surface area (Å²) in [7, 11) is 0. The van der Waals surface area contributed by atoms with Gasteiger partial charge in [-0.15, -0.1) is 0 Å². The zero-order valence-electron chi connectivity index (χ0n) is 32.4. The Hall–Kier alpha value is -6.56. The zero-order valence-corrected chi connectivity index (χ0v) is 32.4. The van der Waals surface area contributed by atoms with Gasteiger partial charge in [-0.2, -0.15) is 0 Å². The highest BCUT2D eigenvalue weighted by Crippen LogP contribution is 2.34. The second-order valence-electron chi connectivity index (χ2n) is 14.3. The summed E-state index contributed by atoms with van der Waals surface area (Å²) in [5, 5.41) is 11.7. The molecular formula is C52H50N4O. The lowest BCUT2D eigenvalue weighted by atomic mass is 9.82. The van der Waals surface area contributed by atoms with E-state index in [-0.39, 0.29) is 0 Å². The summed E-state index contributed by atoms with van der Waals surface area (Å²) < 4.78 is 4.44. The van der Waals surface area contributed by atoms with Crippen molar-refractivity contribution in [2.45, 2.75) is 50.8 Å². The summed E-state index contributed by atoms with van der Waals surface area (Å²) in [6.07, 6.45) is 14.4. The van der Waals surface area contributed by atoms with E-state index in [1.807, 2.05) is 91.8 Å². The van der Waals surface area contributed by atoms with E-state index in [1.54, 1.807) is 0 Å². The molecule has 5 nitrogen and oxygen atoms in total. The molecule has 0 spiro atoms. The Balaban J connectivity index is 0.000000174. The van der Waals surface area contributed by atoms with Gasteiger partial charge in [0.05, 0.1) is 12.7 Å². The number of aliphatic hydroxyl groups is 1. The van der Waals surface area contributed by atoms with E-state index in [0.29, 0.717) is 6.42 Å². The summed E-state index contributed by atoms with van der Waals surface area (Å²) in [5.74, 6) is 0. The molecule has 0 radical (unpaired) electrons. The fourth-order valence-corrected chi connectivity index (χ4v) is 7.37. The molecule has 0 fully saturated rings. The second-order valence-corrected chi connectivity index (χ2v) is 14.3. The number of hydrogen-bond acceptors (Lipinski definition) is 3. The van der Waals surface area contributed by atoms with Crippen LogP contribution in [0.15, 0.2) is 213 Å². The van der Waals surface area contributed by atoms with Gasteiger partial charge in [-0.1, -0.05) is 188 Å². The Morgan fingerprint density at radius 3 is 1.32 bits per heavy atom. The van der Waals surface area contributed by atoms with Crippen LogP contribution in [0.2, 0.25) is 0 Å². The maximum atomic E-state index is 11.7. The van der Waals surface area contributed by atoms with Gasteiger partial charge in [0.2, 0.25) is 0 Å². The standard InChI is InChI=1S/C26H26N2O.C26H24N2/c29-26(23-13-6-2-7-14-23,24-15-8-3-9-16-24)18-10-17-25-19-27-21-28(25)20-22-11-4-1-5-12-22;1-4-11-22(12-5-1)20-28-21-27-19-25(28)17-10-18-26(23-13-6-2-7-14-23)24-15-8-3-9-16-24/h1-9,11-16,19,21,29H,10,17-18,20H2;1-9,11-16,18-19,21H,10,17,20H2. The van der Waals surface area contributed by atoms with Crippen LogP contribution in [0.5, 0.6) is 0 Å². The van der Waals surface area contributed by atoms with Gasteiger partial charge in [-0.3, -0.25) is 0 Å². The Labute approximate surface area is 337 Å². The van der Waals surface area contributed by atoms with Gasteiger partial charge in [-0.25, -0.2) is 9.97 Å². The lowest BCUT2D eigenvalue weighted by Gasteiger charge is -2.29. The van der Waals surface area contributed by atoms with Crippen LogP contribution in [0.1, 0.15) is 64.0 Å². The van der Waals surface area contributed by atoms with E-state index in [2.05, 4.69) is 140 Å². The highest BCUT2D eigenvalue weighted by molar-refractivity contribution is 5.79. The highest BCUT2D eigenvalue weighted by Gasteiger charge is 2.30. The number of benzene rings is 6. The van der Waals surface area contributed by atoms with Crippen molar-refractivity contribution in [1.82, 2.24) is 19.1 Å². The molecule has 8 aromatic rings. The number of allylic oxidation sites excluding steroid dienone is 1. The molecule has 1 N–H and O–H groups in total. The summed E-state index contributed by atoms with van der Waals surface area (Å²) in [6, 6.07) is 62.1. The molecule has 2 aromatic heterocycles. The third-order valence-electron chi connectivity index (χ3n) is 10.4. The molecule has 284 valence electrons. The lowest BCUT2D eigenvalue weighted by molar-refractivity contribution is 0.0687. The molecule has 2 heterocycles. The third kappa shape index (κ3) is 10.6. The minimum atomic E-state index is -0.993. The first kappa shape index (κ1) is 38.7. The maximum absolute atomic E-state index is 11.7. The topological polar surface area (TPSA) is 55.9 Å². The van der Waals surface area contributed by atoms with Crippen LogP contribution in [0.3, 0.4) is 0 Å². The Bertz CT molecular complexity index is 2290. The van der Waals surface area contributed by atoms with Crippen LogP contribution in [-0.4, -0.2) is 24.2 Å². The lowest BCUT2D eigenvalue weighted by Crippen LogP contribution is -2.27. The quantitative estimate of drug-likeness (QED) is 0.114. The predicted octanol–water partition coefficient (Wildman–Crippen LogP) is 11.2. The number of hydrogen-bond donors (Lipinski definition) is 1. The van der Waals surface area contributed by atoms with E-state index in [0.717, 1.165) is 49.9 Å². The fourth-order valence-electron chi connectivity index (χ4n) is 7.37. The third-order valence-corrected chi connectivity index (χ3v) is 10.4. The Morgan fingerprint density at radius 2 is 0.877 bits per heavy atom. The minimum Gasteiger partial charge on any atom is -0.380 e. The maximum Gasteiger partial charge on any atom is 0.115 e. The smallest absolute Gasteiger partial charge is 0.115 e. The van der Waals surface area contributed by atoms with Crippen LogP contribution in [-0.2, 0) is 31.5 Å². The average Bonchev–Trinajstić information content (AvgIpc) is 3.93. The van der Waals surface area contributed by atoms with Crippen molar-refractivity contribution in [3.05, 3.63) is 258 Å². The van der Waals surface area contributed by atoms with Gasteiger partial charge in [0.15, 0.2) is 0 Å². The van der Waals surface area contributed by atoms with Crippen LogP contribution in [0.4, 0.5) is 0 Å². The summed E-state index contributed by atoms with van der Waals surface area (Å²) in [6.45, 7) is 1.68. The van der Waals surface area contributed by atoms with Crippen molar-refractivity contribution >= 4 is 5.57 Å². The molecule has 0 unspecified atom stereocenters. The van der Waals surface area contributed by atoms with Gasteiger partial charge in [0, 0.05) is 36.9 Å². The normalized spacial score (nSPS) is 11.0. The molecule has 0 saturated heterocycles. The van der Waals surface area contributed by atoms with Gasteiger partial charge >= 0.3 is 0 Å². The number of aryl methyl sites for hydroxylation is 2. The van der Waals surface area contributed by atoms with Crippen molar-refractivity contribution in [3.8, 4) is 0 Å². The molecule has 57 heavy (non-hydrogen) atoms. The summed E-state index contributed by atoms with van der Waals surface area (Å²) >= 11 is 0. The largest absolute Gasteiger partial charge is 0.380 e. The number of aromatic nitrogens is 4. The molecule has 0 aliphatic heterocycles. The molecule has 0 bridgehead atoms. The molecule has 8 rings (SSSR count). The van der Waals surface area contributed by atoms with E-state index < -0.39 is 5.60 Å². The molecule has 0 atom stereocenters. The number of imidazole rings is 2. The molecule has 0 aliphatic rings. The highest BCUT2D eigenvalue weighted by atomic mass is 16.3. The predicted molar refractivity (Wildman–Crippen MR) is 233 cm³/mol. The first-order chi connectivity index (χ1) is 28.2. The SMILES string of the molecule is C(CCc1cncn1Cc1ccccc1)=C(c1ccccc1)c1ccccc1.OC(CCCc1cncn1Cc1ccccc1)(c1ccccc1)c1ccccc1.